The van der Waals surface area contributed by atoms with Crippen LogP contribution in [0.3, 0.4) is 0 Å². The van der Waals surface area contributed by atoms with E-state index in [1.54, 1.807) is 52.0 Å². The normalized spacial score (nSPS) is 11.0. The van der Waals surface area contributed by atoms with Gasteiger partial charge in [-0.2, -0.15) is 5.10 Å². The zero-order valence-corrected chi connectivity index (χ0v) is 20.8. The van der Waals surface area contributed by atoms with Gasteiger partial charge in [0.1, 0.15) is 5.69 Å². The Balaban J connectivity index is 1.76. The molecule has 0 saturated heterocycles. The summed E-state index contributed by atoms with van der Waals surface area (Å²) in [6.07, 6.45) is 0. The zero-order valence-electron chi connectivity index (χ0n) is 20.0. The molecule has 36 heavy (non-hydrogen) atoms. The molecule has 1 amide bonds. The van der Waals surface area contributed by atoms with Crippen LogP contribution in [0.2, 0.25) is 5.02 Å². The molecule has 4 aromatic rings. The molecule has 0 aliphatic heterocycles. The van der Waals surface area contributed by atoms with E-state index < -0.39 is 4.92 Å². The Morgan fingerprint density at radius 3 is 2.25 bits per heavy atom. The summed E-state index contributed by atoms with van der Waals surface area (Å²) in [4.78, 5) is 28.4. The number of carbonyl (C=O) groups is 1. The van der Waals surface area contributed by atoms with Crippen molar-refractivity contribution in [1.82, 2.24) is 19.6 Å². The summed E-state index contributed by atoms with van der Waals surface area (Å²) in [6.45, 7) is 1.68. The Hall–Kier alpha value is -4.01. The molecule has 0 atom stereocenters. The molecule has 3 aromatic carbocycles. The molecule has 0 aliphatic rings. The lowest BCUT2D eigenvalue weighted by Crippen LogP contribution is -2.37. The Morgan fingerprint density at radius 2 is 1.64 bits per heavy atom. The van der Waals surface area contributed by atoms with Gasteiger partial charge in [-0.15, -0.1) is 0 Å². The number of hydrogen-bond acceptors (Lipinski definition) is 5. The van der Waals surface area contributed by atoms with Gasteiger partial charge in [-0.05, 0) is 62.1 Å². The van der Waals surface area contributed by atoms with Gasteiger partial charge in [0.25, 0.3) is 11.6 Å². The monoisotopic (exact) mass is 503 g/mol. The fourth-order valence-electron chi connectivity index (χ4n) is 3.75. The number of nitro benzene ring substituents is 1. The van der Waals surface area contributed by atoms with E-state index in [-0.39, 0.29) is 11.6 Å². The molecular formula is C27H26ClN5O3. The highest BCUT2D eigenvalue weighted by Gasteiger charge is 2.23. The molecule has 1 heterocycles. The Kier molecular flexibility index (Phi) is 7.77. The van der Waals surface area contributed by atoms with Gasteiger partial charge in [0.15, 0.2) is 0 Å². The zero-order chi connectivity index (χ0) is 25.7. The second-order valence-corrected chi connectivity index (χ2v) is 9.06. The SMILES string of the molecule is CN(C)CCN(Cc1ccccc1)C(=O)c1cc(-c2ccc([N+](=O)[O-])cc2)nn1-c1ccc(Cl)cc1. The lowest BCUT2D eigenvalue weighted by atomic mass is 10.1. The molecule has 184 valence electrons. The molecule has 0 radical (unpaired) electrons. The standard InChI is InChI=1S/C27H26ClN5O3/c1-30(2)16-17-31(19-20-6-4-3-5-7-20)27(34)26-18-25(21-8-12-24(13-9-21)33(35)36)29-32(26)23-14-10-22(28)11-15-23/h3-15,18H,16-17,19H2,1-2H3. The van der Waals surface area contributed by atoms with E-state index in [1.165, 1.54) is 12.1 Å². The number of nitro groups is 1. The summed E-state index contributed by atoms with van der Waals surface area (Å²) in [7, 11) is 3.94. The maximum atomic E-state index is 13.9. The molecule has 8 nitrogen and oxygen atoms in total. The van der Waals surface area contributed by atoms with Crippen molar-refractivity contribution in [3.8, 4) is 16.9 Å². The molecule has 0 aliphatic carbocycles. The first-order chi connectivity index (χ1) is 17.3. The van der Waals surface area contributed by atoms with E-state index in [0.717, 1.165) is 5.56 Å². The van der Waals surface area contributed by atoms with Crippen molar-refractivity contribution in [2.75, 3.05) is 27.2 Å². The summed E-state index contributed by atoms with van der Waals surface area (Å²) < 4.78 is 1.60. The summed E-state index contributed by atoms with van der Waals surface area (Å²) in [5.41, 5.74) is 3.30. The smallest absolute Gasteiger partial charge is 0.272 e. The van der Waals surface area contributed by atoms with E-state index in [0.29, 0.717) is 47.3 Å². The van der Waals surface area contributed by atoms with Gasteiger partial charge in [0.2, 0.25) is 0 Å². The minimum Gasteiger partial charge on any atom is -0.332 e. The second-order valence-electron chi connectivity index (χ2n) is 8.62. The van der Waals surface area contributed by atoms with Crippen LogP contribution in [0.5, 0.6) is 0 Å². The van der Waals surface area contributed by atoms with E-state index in [4.69, 9.17) is 16.7 Å². The predicted octanol–water partition coefficient (Wildman–Crippen LogP) is 5.30. The number of likely N-dealkylation sites (N-methyl/N-ethyl adjacent to an activating group) is 1. The highest BCUT2D eigenvalue weighted by molar-refractivity contribution is 6.30. The summed E-state index contributed by atoms with van der Waals surface area (Å²) in [5.74, 6) is -0.170. The second kappa shape index (κ2) is 11.2. The first kappa shape index (κ1) is 25.1. The third-order valence-corrected chi connectivity index (χ3v) is 5.95. The molecule has 0 N–H and O–H groups in total. The molecule has 0 unspecified atom stereocenters. The predicted molar refractivity (Wildman–Crippen MR) is 140 cm³/mol. The number of amides is 1. The van der Waals surface area contributed by atoms with Crippen LogP contribution in [0.25, 0.3) is 16.9 Å². The van der Waals surface area contributed by atoms with Gasteiger partial charge in [0, 0.05) is 42.4 Å². The first-order valence-corrected chi connectivity index (χ1v) is 11.8. The molecule has 0 saturated carbocycles. The minimum absolute atomic E-state index is 0.00935. The Bertz CT molecular complexity index is 1340. The van der Waals surface area contributed by atoms with Gasteiger partial charge >= 0.3 is 0 Å². The van der Waals surface area contributed by atoms with Crippen molar-refractivity contribution < 1.29 is 9.72 Å². The maximum absolute atomic E-state index is 13.9. The van der Waals surface area contributed by atoms with E-state index in [2.05, 4.69) is 0 Å². The first-order valence-electron chi connectivity index (χ1n) is 11.4. The Labute approximate surface area is 214 Å². The van der Waals surface area contributed by atoms with Crippen LogP contribution < -0.4 is 0 Å². The number of hydrogen-bond donors (Lipinski definition) is 0. The summed E-state index contributed by atoms with van der Waals surface area (Å²) in [5, 5.41) is 16.3. The average Bonchev–Trinajstić information content (AvgIpc) is 3.32. The van der Waals surface area contributed by atoms with Gasteiger partial charge < -0.3 is 9.80 Å². The fraction of sp³-hybridized carbons (Fsp3) is 0.185. The van der Waals surface area contributed by atoms with Crippen molar-refractivity contribution in [3.05, 3.63) is 111 Å². The number of halogens is 1. The molecule has 0 fully saturated rings. The van der Waals surface area contributed by atoms with Crippen molar-refractivity contribution in [2.24, 2.45) is 0 Å². The highest BCUT2D eigenvalue weighted by Crippen LogP contribution is 2.26. The van der Waals surface area contributed by atoms with Crippen LogP contribution in [-0.2, 0) is 6.54 Å². The molecule has 0 bridgehead atoms. The third kappa shape index (κ3) is 5.97. The van der Waals surface area contributed by atoms with Crippen LogP contribution in [0.15, 0.2) is 84.9 Å². The van der Waals surface area contributed by atoms with Crippen molar-refractivity contribution in [2.45, 2.75) is 6.54 Å². The number of carbonyl (C=O) groups excluding carboxylic acids is 1. The maximum Gasteiger partial charge on any atom is 0.272 e. The van der Waals surface area contributed by atoms with Crippen molar-refractivity contribution >= 4 is 23.2 Å². The largest absolute Gasteiger partial charge is 0.332 e. The molecule has 1 aromatic heterocycles. The number of aromatic nitrogens is 2. The van der Waals surface area contributed by atoms with Gasteiger partial charge in [-0.3, -0.25) is 14.9 Å². The summed E-state index contributed by atoms with van der Waals surface area (Å²) in [6, 6.07) is 24.8. The van der Waals surface area contributed by atoms with Crippen LogP contribution in [0.1, 0.15) is 16.1 Å². The van der Waals surface area contributed by atoms with E-state index >= 15 is 0 Å². The van der Waals surface area contributed by atoms with E-state index in [1.807, 2.05) is 49.3 Å². The molecule has 9 heteroatoms. The van der Waals surface area contributed by atoms with Gasteiger partial charge in [0.05, 0.1) is 16.3 Å². The number of rotatable bonds is 9. The molecule has 4 rings (SSSR count). The van der Waals surface area contributed by atoms with Crippen LogP contribution in [-0.4, -0.2) is 57.6 Å². The number of benzene rings is 3. The van der Waals surface area contributed by atoms with Crippen LogP contribution >= 0.6 is 11.6 Å². The van der Waals surface area contributed by atoms with Crippen LogP contribution in [0.4, 0.5) is 5.69 Å². The Morgan fingerprint density at radius 1 is 0.972 bits per heavy atom. The lowest BCUT2D eigenvalue weighted by Gasteiger charge is -2.25. The van der Waals surface area contributed by atoms with E-state index in [9.17, 15) is 14.9 Å². The number of non-ortho nitro benzene ring substituents is 1. The highest BCUT2D eigenvalue weighted by atomic mass is 35.5. The summed E-state index contributed by atoms with van der Waals surface area (Å²) >= 11 is 6.09. The van der Waals surface area contributed by atoms with Crippen LogP contribution in [0, 0.1) is 10.1 Å². The minimum atomic E-state index is -0.447. The van der Waals surface area contributed by atoms with Gasteiger partial charge in [-0.1, -0.05) is 41.9 Å². The van der Waals surface area contributed by atoms with Crippen molar-refractivity contribution in [3.63, 3.8) is 0 Å². The molecular weight excluding hydrogens is 478 g/mol. The average molecular weight is 504 g/mol. The fourth-order valence-corrected chi connectivity index (χ4v) is 3.87. The number of nitrogens with zero attached hydrogens (tertiary/aromatic N) is 5. The topological polar surface area (TPSA) is 84.5 Å². The quantitative estimate of drug-likeness (QED) is 0.228. The van der Waals surface area contributed by atoms with Crippen molar-refractivity contribution in [1.29, 1.82) is 0 Å². The third-order valence-electron chi connectivity index (χ3n) is 5.69. The molecule has 0 spiro atoms. The lowest BCUT2D eigenvalue weighted by molar-refractivity contribution is -0.384. The van der Waals surface area contributed by atoms with Gasteiger partial charge in [-0.25, -0.2) is 4.68 Å².